The van der Waals surface area contributed by atoms with Gasteiger partial charge >= 0.3 is 0 Å². The molecule has 0 aliphatic rings. The van der Waals surface area contributed by atoms with Crippen LogP contribution in [0.25, 0.3) is 5.95 Å². The standard InChI is InChI=1S/C9H9ClN4/c1-6-3-8(10)13-9(12-6)14-4-7(2)11-5-14/h3-5H,1-2H3. The number of aryl methyl sites for hydroxylation is 2. The Hall–Kier alpha value is -1.42. The predicted octanol–water partition coefficient (Wildman–Crippen LogP) is 1.93. The molecular weight excluding hydrogens is 200 g/mol. The van der Waals surface area contributed by atoms with Crippen LogP contribution < -0.4 is 0 Å². The summed E-state index contributed by atoms with van der Waals surface area (Å²) in [4.78, 5) is 12.4. The Bertz CT molecular complexity index is 443. The third-order valence-electron chi connectivity index (χ3n) is 1.75. The molecule has 2 aromatic heterocycles. The lowest BCUT2D eigenvalue weighted by Crippen LogP contribution is -1.99. The molecule has 2 aromatic rings. The molecule has 0 radical (unpaired) electrons. The number of imidazole rings is 1. The summed E-state index contributed by atoms with van der Waals surface area (Å²) in [7, 11) is 0. The molecule has 0 unspecified atom stereocenters. The largest absolute Gasteiger partial charge is 0.274 e. The van der Waals surface area contributed by atoms with E-state index in [0.717, 1.165) is 11.4 Å². The molecule has 0 saturated heterocycles. The first-order valence-electron chi connectivity index (χ1n) is 4.17. The first-order valence-corrected chi connectivity index (χ1v) is 4.55. The molecule has 0 aromatic carbocycles. The van der Waals surface area contributed by atoms with E-state index in [1.54, 1.807) is 17.0 Å². The van der Waals surface area contributed by atoms with Gasteiger partial charge in [0, 0.05) is 11.9 Å². The Labute approximate surface area is 86.6 Å². The van der Waals surface area contributed by atoms with E-state index < -0.39 is 0 Å². The number of hydrogen-bond acceptors (Lipinski definition) is 3. The highest BCUT2D eigenvalue weighted by atomic mass is 35.5. The summed E-state index contributed by atoms with van der Waals surface area (Å²) in [5.41, 5.74) is 1.76. The normalized spacial score (nSPS) is 10.5. The van der Waals surface area contributed by atoms with E-state index in [0.29, 0.717) is 11.1 Å². The monoisotopic (exact) mass is 208 g/mol. The van der Waals surface area contributed by atoms with E-state index in [1.807, 2.05) is 20.0 Å². The molecule has 0 spiro atoms. The van der Waals surface area contributed by atoms with Crippen LogP contribution in [-0.4, -0.2) is 19.5 Å². The molecule has 0 aliphatic carbocycles. The van der Waals surface area contributed by atoms with Crippen LogP contribution in [0.4, 0.5) is 0 Å². The van der Waals surface area contributed by atoms with Gasteiger partial charge in [0.2, 0.25) is 5.95 Å². The summed E-state index contributed by atoms with van der Waals surface area (Å²) in [6.07, 6.45) is 3.52. The predicted molar refractivity (Wildman–Crippen MR) is 53.6 cm³/mol. The fourth-order valence-corrected chi connectivity index (χ4v) is 1.39. The third-order valence-corrected chi connectivity index (χ3v) is 1.95. The molecule has 5 heteroatoms. The highest BCUT2D eigenvalue weighted by molar-refractivity contribution is 6.29. The average Bonchev–Trinajstić information content (AvgIpc) is 2.50. The molecule has 0 bridgehead atoms. The fourth-order valence-electron chi connectivity index (χ4n) is 1.16. The van der Waals surface area contributed by atoms with Crippen LogP contribution >= 0.6 is 11.6 Å². The van der Waals surface area contributed by atoms with Crippen molar-refractivity contribution in [1.82, 2.24) is 19.5 Å². The van der Waals surface area contributed by atoms with Crippen LogP contribution in [0.5, 0.6) is 0 Å². The van der Waals surface area contributed by atoms with Crippen LogP contribution in [0.1, 0.15) is 11.4 Å². The van der Waals surface area contributed by atoms with Gasteiger partial charge in [-0.2, -0.15) is 0 Å². The van der Waals surface area contributed by atoms with Crippen molar-refractivity contribution in [2.45, 2.75) is 13.8 Å². The summed E-state index contributed by atoms with van der Waals surface area (Å²) < 4.78 is 1.74. The molecule has 0 saturated carbocycles. The first kappa shape index (κ1) is 9.15. The van der Waals surface area contributed by atoms with Gasteiger partial charge < -0.3 is 0 Å². The van der Waals surface area contributed by atoms with Gasteiger partial charge in [0.15, 0.2) is 0 Å². The van der Waals surface area contributed by atoms with Crippen molar-refractivity contribution < 1.29 is 0 Å². The quantitative estimate of drug-likeness (QED) is 0.673. The molecule has 0 amide bonds. The highest BCUT2D eigenvalue weighted by Crippen LogP contribution is 2.09. The van der Waals surface area contributed by atoms with Crippen molar-refractivity contribution in [3.05, 3.63) is 35.1 Å². The van der Waals surface area contributed by atoms with Crippen molar-refractivity contribution in [3.63, 3.8) is 0 Å². The second kappa shape index (κ2) is 3.38. The lowest BCUT2D eigenvalue weighted by Gasteiger charge is -2.01. The van der Waals surface area contributed by atoms with Gasteiger partial charge in [-0.15, -0.1) is 0 Å². The molecule has 0 aliphatic heterocycles. The zero-order valence-corrected chi connectivity index (χ0v) is 8.65. The van der Waals surface area contributed by atoms with Crippen LogP contribution in [-0.2, 0) is 0 Å². The van der Waals surface area contributed by atoms with Crippen molar-refractivity contribution in [2.75, 3.05) is 0 Å². The Balaban J connectivity index is 2.51. The van der Waals surface area contributed by atoms with E-state index in [-0.39, 0.29) is 0 Å². The van der Waals surface area contributed by atoms with Gasteiger partial charge in [-0.3, -0.25) is 4.57 Å². The minimum atomic E-state index is 0.443. The second-order valence-corrected chi connectivity index (χ2v) is 3.44. The summed E-state index contributed by atoms with van der Waals surface area (Å²) in [5.74, 6) is 0.551. The zero-order valence-electron chi connectivity index (χ0n) is 7.90. The Morgan fingerprint density at radius 3 is 2.57 bits per heavy atom. The molecule has 72 valence electrons. The minimum absolute atomic E-state index is 0.443. The van der Waals surface area contributed by atoms with Crippen LogP contribution in [0.15, 0.2) is 18.6 Å². The smallest absolute Gasteiger partial charge is 0.236 e. The van der Waals surface area contributed by atoms with E-state index >= 15 is 0 Å². The Kier molecular flexibility index (Phi) is 2.21. The van der Waals surface area contributed by atoms with Crippen molar-refractivity contribution in [2.24, 2.45) is 0 Å². The fraction of sp³-hybridized carbons (Fsp3) is 0.222. The van der Waals surface area contributed by atoms with Gasteiger partial charge in [-0.1, -0.05) is 11.6 Å². The van der Waals surface area contributed by atoms with E-state index in [9.17, 15) is 0 Å². The highest BCUT2D eigenvalue weighted by Gasteiger charge is 2.03. The summed E-state index contributed by atoms with van der Waals surface area (Å²) in [6, 6.07) is 1.72. The van der Waals surface area contributed by atoms with Gasteiger partial charge in [0.1, 0.15) is 11.5 Å². The minimum Gasteiger partial charge on any atom is -0.274 e. The Morgan fingerprint density at radius 2 is 2.00 bits per heavy atom. The van der Waals surface area contributed by atoms with E-state index in [4.69, 9.17) is 11.6 Å². The van der Waals surface area contributed by atoms with E-state index in [1.165, 1.54) is 0 Å². The van der Waals surface area contributed by atoms with E-state index in [2.05, 4.69) is 15.0 Å². The summed E-state index contributed by atoms with van der Waals surface area (Å²) in [5, 5.41) is 0.443. The lowest BCUT2D eigenvalue weighted by atomic mass is 10.5. The third kappa shape index (κ3) is 1.75. The second-order valence-electron chi connectivity index (χ2n) is 3.05. The first-order chi connectivity index (χ1) is 6.65. The topological polar surface area (TPSA) is 43.6 Å². The van der Waals surface area contributed by atoms with Gasteiger partial charge in [-0.05, 0) is 19.9 Å². The maximum atomic E-state index is 5.82. The molecule has 0 fully saturated rings. The maximum absolute atomic E-state index is 5.82. The molecule has 4 nitrogen and oxygen atoms in total. The van der Waals surface area contributed by atoms with Gasteiger partial charge in [0.05, 0.1) is 5.69 Å². The SMILES string of the molecule is Cc1cn(-c2nc(C)cc(Cl)n2)cn1. The van der Waals surface area contributed by atoms with Crippen LogP contribution in [0.3, 0.4) is 0 Å². The van der Waals surface area contributed by atoms with Crippen LogP contribution in [0.2, 0.25) is 5.15 Å². The molecule has 0 N–H and O–H groups in total. The molecule has 0 atom stereocenters. The maximum Gasteiger partial charge on any atom is 0.236 e. The summed E-state index contributed by atoms with van der Waals surface area (Å²) in [6.45, 7) is 3.79. The molecule has 2 heterocycles. The number of halogens is 1. The van der Waals surface area contributed by atoms with Gasteiger partial charge in [-0.25, -0.2) is 15.0 Å². The summed E-state index contributed by atoms with van der Waals surface area (Å²) >= 11 is 5.82. The number of aromatic nitrogens is 4. The zero-order chi connectivity index (χ0) is 10.1. The molecular formula is C9H9ClN4. The number of rotatable bonds is 1. The average molecular weight is 209 g/mol. The van der Waals surface area contributed by atoms with Crippen molar-refractivity contribution in [3.8, 4) is 5.95 Å². The Morgan fingerprint density at radius 1 is 1.21 bits per heavy atom. The van der Waals surface area contributed by atoms with Crippen LogP contribution in [0, 0.1) is 13.8 Å². The van der Waals surface area contributed by atoms with Gasteiger partial charge in [0.25, 0.3) is 0 Å². The molecule has 14 heavy (non-hydrogen) atoms. The molecule has 2 rings (SSSR count). The lowest BCUT2D eigenvalue weighted by molar-refractivity contribution is 0.909. The number of hydrogen-bond donors (Lipinski definition) is 0. The number of nitrogens with zero attached hydrogens (tertiary/aromatic N) is 4. The van der Waals surface area contributed by atoms with Crippen molar-refractivity contribution >= 4 is 11.6 Å². The van der Waals surface area contributed by atoms with Crippen molar-refractivity contribution in [1.29, 1.82) is 0 Å².